The fourth-order valence-electron chi connectivity index (χ4n) is 5.08. The number of rotatable bonds is 6. The molecule has 38 heavy (non-hydrogen) atoms. The van der Waals surface area contributed by atoms with Crippen LogP contribution in [0.15, 0.2) is 60.8 Å². The van der Waals surface area contributed by atoms with Gasteiger partial charge in [0, 0.05) is 34.5 Å². The van der Waals surface area contributed by atoms with E-state index in [1.54, 1.807) is 58.3 Å². The van der Waals surface area contributed by atoms with Gasteiger partial charge in [-0.2, -0.15) is 13.2 Å². The minimum absolute atomic E-state index is 0.0314. The first-order chi connectivity index (χ1) is 18.1. The summed E-state index contributed by atoms with van der Waals surface area (Å²) in [5, 5.41) is 11.0. The summed E-state index contributed by atoms with van der Waals surface area (Å²) in [5.74, 6) is -0.0219. The molecule has 0 radical (unpaired) electrons. The number of aliphatic hydroxyl groups is 1. The molecule has 3 aromatic rings. The molecule has 196 valence electrons. The molecule has 6 rings (SSSR count). The third-order valence-corrected chi connectivity index (χ3v) is 7.24. The Bertz CT molecular complexity index is 1410. The highest BCUT2D eigenvalue weighted by Gasteiger charge is 2.48. The van der Waals surface area contributed by atoms with Gasteiger partial charge in [0.1, 0.15) is 11.4 Å². The molecule has 2 fully saturated rings. The van der Waals surface area contributed by atoms with Crippen molar-refractivity contribution in [1.82, 2.24) is 9.88 Å². The van der Waals surface area contributed by atoms with E-state index in [2.05, 4.69) is 4.98 Å². The summed E-state index contributed by atoms with van der Waals surface area (Å²) in [6.45, 7) is -0.755. The van der Waals surface area contributed by atoms with Gasteiger partial charge >= 0.3 is 6.18 Å². The van der Waals surface area contributed by atoms with E-state index in [9.17, 15) is 27.9 Å². The van der Waals surface area contributed by atoms with E-state index in [1.807, 2.05) is 0 Å². The van der Waals surface area contributed by atoms with Crippen LogP contribution in [-0.2, 0) is 16.9 Å². The van der Waals surface area contributed by atoms with Crippen LogP contribution >= 0.6 is 0 Å². The van der Waals surface area contributed by atoms with Gasteiger partial charge in [-0.1, -0.05) is 24.3 Å². The van der Waals surface area contributed by atoms with Crippen molar-refractivity contribution in [1.29, 1.82) is 0 Å². The third-order valence-electron chi connectivity index (χ3n) is 7.24. The van der Waals surface area contributed by atoms with E-state index in [4.69, 9.17) is 4.74 Å². The molecule has 1 aromatic heterocycles. The second-order valence-electron chi connectivity index (χ2n) is 10.0. The molecule has 0 spiro atoms. The van der Waals surface area contributed by atoms with Crippen LogP contribution in [-0.4, -0.2) is 52.7 Å². The Labute approximate surface area is 216 Å². The topological polar surface area (TPSA) is 83.0 Å². The summed E-state index contributed by atoms with van der Waals surface area (Å²) in [7, 11) is 0. The lowest BCUT2D eigenvalue weighted by molar-refractivity contribution is -0.158. The number of anilines is 1. The van der Waals surface area contributed by atoms with Crippen LogP contribution in [0.2, 0.25) is 0 Å². The number of nitrogens with zero attached hydrogens (tertiary/aromatic N) is 3. The molecule has 0 bridgehead atoms. The molecule has 7 nitrogen and oxygen atoms in total. The van der Waals surface area contributed by atoms with Crippen molar-refractivity contribution < 1.29 is 32.6 Å². The van der Waals surface area contributed by atoms with Gasteiger partial charge < -0.3 is 19.6 Å². The second kappa shape index (κ2) is 8.83. The molecule has 2 aromatic carbocycles. The van der Waals surface area contributed by atoms with Crippen LogP contribution in [0.5, 0.6) is 5.75 Å². The number of fused-ring (bicyclic) bond motifs is 1. The van der Waals surface area contributed by atoms with E-state index in [0.29, 0.717) is 33.6 Å². The normalized spacial score (nSPS) is 18.3. The highest BCUT2D eigenvalue weighted by molar-refractivity contribution is 6.11. The highest BCUT2D eigenvalue weighted by Crippen LogP contribution is 2.40. The van der Waals surface area contributed by atoms with E-state index in [1.165, 1.54) is 12.3 Å². The number of β-amino-alcohol motifs (C(OH)–C–C–N with tert-alkyl or cyclic N) is 1. The quantitative estimate of drug-likeness (QED) is 0.521. The molecule has 0 unspecified atom stereocenters. The van der Waals surface area contributed by atoms with Crippen molar-refractivity contribution in [2.45, 2.75) is 31.2 Å². The van der Waals surface area contributed by atoms with Crippen LogP contribution in [0.4, 0.5) is 18.9 Å². The average molecular weight is 524 g/mol. The summed E-state index contributed by atoms with van der Waals surface area (Å²) >= 11 is 0. The van der Waals surface area contributed by atoms with Crippen molar-refractivity contribution in [3.63, 3.8) is 0 Å². The number of alkyl halides is 3. The standard InChI is InChI=1S/C28H24F3N3O4/c29-28(30,31)16-38-23-4-2-1-3-21(23)24-22-13-34(26(36)20(22)11-12-32-24)19-9-7-18(8-10-19)27(37)14-33(15-27)25(35)17-5-6-17/h1-4,7-12,17,37H,5-6,13-16H2. The maximum absolute atomic E-state index is 13.3. The van der Waals surface area contributed by atoms with E-state index in [0.717, 1.165) is 12.8 Å². The number of likely N-dealkylation sites (tertiary alicyclic amines) is 1. The number of carbonyl (C=O) groups is 2. The fraction of sp³-hybridized carbons (Fsp3) is 0.321. The van der Waals surface area contributed by atoms with Gasteiger partial charge in [-0.3, -0.25) is 14.6 Å². The predicted octanol–water partition coefficient (Wildman–Crippen LogP) is 4.29. The largest absolute Gasteiger partial charge is 0.483 e. The smallest absolute Gasteiger partial charge is 0.422 e. The molecule has 0 atom stereocenters. The molecule has 1 N–H and O–H groups in total. The van der Waals surface area contributed by atoms with Crippen molar-refractivity contribution in [2.24, 2.45) is 5.92 Å². The van der Waals surface area contributed by atoms with Crippen molar-refractivity contribution in [3.8, 4) is 17.0 Å². The zero-order valence-electron chi connectivity index (χ0n) is 20.2. The molecule has 1 saturated heterocycles. The van der Waals surface area contributed by atoms with Crippen LogP contribution in [0.25, 0.3) is 11.3 Å². The number of benzene rings is 2. The number of hydrogen-bond acceptors (Lipinski definition) is 5. The zero-order chi connectivity index (χ0) is 26.7. The molecule has 3 heterocycles. The second-order valence-corrected chi connectivity index (χ2v) is 10.0. The number of para-hydroxylation sites is 1. The van der Waals surface area contributed by atoms with E-state index >= 15 is 0 Å². The van der Waals surface area contributed by atoms with Crippen LogP contribution in [0.3, 0.4) is 0 Å². The van der Waals surface area contributed by atoms with Crippen LogP contribution < -0.4 is 9.64 Å². The average Bonchev–Trinajstić information content (AvgIpc) is 3.68. The number of pyridine rings is 1. The lowest BCUT2D eigenvalue weighted by Crippen LogP contribution is -2.61. The molecule has 1 saturated carbocycles. The summed E-state index contributed by atoms with van der Waals surface area (Å²) in [6, 6.07) is 14.9. The zero-order valence-corrected chi connectivity index (χ0v) is 20.2. The Hall–Kier alpha value is -3.92. The molecule has 2 amide bonds. The Morgan fingerprint density at radius 2 is 1.76 bits per heavy atom. The first-order valence-electron chi connectivity index (χ1n) is 12.3. The first kappa shape index (κ1) is 24.4. The number of carbonyl (C=O) groups excluding carboxylic acids is 2. The SMILES string of the molecule is O=C(C1CC1)N1CC(O)(c2ccc(N3Cc4c(ccnc4-c4ccccc4OCC(F)(F)F)C3=O)cc2)C1. The molecule has 3 aliphatic rings. The van der Waals surface area contributed by atoms with E-state index in [-0.39, 0.29) is 43.1 Å². The van der Waals surface area contributed by atoms with Crippen LogP contribution in [0.1, 0.15) is 34.3 Å². The minimum atomic E-state index is -4.49. The predicted molar refractivity (Wildman–Crippen MR) is 131 cm³/mol. The Balaban J connectivity index is 1.22. The van der Waals surface area contributed by atoms with Gasteiger partial charge in [-0.25, -0.2) is 0 Å². The van der Waals surface area contributed by atoms with E-state index < -0.39 is 18.4 Å². The van der Waals surface area contributed by atoms with Gasteiger partial charge in [-0.15, -0.1) is 0 Å². The van der Waals surface area contributed by atoms with Crippen molar-refractivity contribution >= 4 is 17.5 Å². The number of ether oxygens (including phenoxy) is 1. The first-order valence-corrected chi connectivity index (χ1v) is 12.3. The number of aromatic nitrogens is 1. The number of hydrogen-bond donors (Lipinski definition) is 1. The van der Waals surface area contributed by atoms with Crippen LogP contribution in [0, 0.1) is 5.92 Å². The monoisotopic (exact) mass is 523 g/mol. The van der Waals surface area contributed by atoms with Gasteiger partial charge in [0.05, 0.1) is 25.3 Å². The lowest BCUT2D eigenvalue weighted by Gasteiger charge is -2.47. The number of halogens is 3. The van der Waals surface area contributed by atoms with Gasteiger partial charge in [0.25, 0.3) is 5.91 Å². The highest BCUT2D eigenvalue weighted by atomic mass is 19.4. The Kier molecular flexibility index (Phi) is 5.68. The summed E-state index contributed by atoms with van der Waals surface area (Å²) in [4.78, 5) is 33.1. The third kappa shape index (κ3) is 4.38. The summed E-state index contributed by atoms with van der Waals surface area (Å²) in [5.41, 5.74) is 1.93. The Morgan fingerprint density at radius 3 is 2.45 bits per heavy atom. The maximum atomic E-state index is 13.3. The Morgan fingerprint density at radius 1 is 1.05 bits per heavy atom. The minimum Gasteiger partial charge on any atom is -0.483 e. The molecule has 2 aliphatic heterocycles. The summed E-state index contributed by atoms with van der Waals surface area (Å²) < 4.78 is 43.4. The van der Waals surface area contributed by atoms with Crippen molar-refractivity contribution in [3.05, 3.63) is 77.5 Å². The lowest BCUT2D eigenvalue weighted by atomic mass is 9.85. The number of amides is 2. The van der Waals surface area contributed by atoms with Crippen molar-refractivity contribution in [2.75, 3.05) is 24.6 Å². The fourth-order valence-corrected chi connectivity index (χ4v) is 5.08. The molecular formula is C28H24F3N3O4. The maximum Gasteiger partial charge on any atom is 0.422 e. The molecule has 1 aliphatic carbocycles. The summed E-state index contributed by atoms with van der Waals surface area (Å²) in [6.07, 6.45) is -1.20. The van der Waals surface area contributed by atoms with Gasteiger partial charge in [-0.05, 0) is 48.7 Å². The molecular weight excluding hydrogens is 499 g/mol. The molecule has 10 heteroatoms. The van der Waals surface area contributed by atoms with Gasteiger partial charge in [0.15, 0.2) is 6.61 Å². The van der Waals surface area contributed by atoms with Gasteiger partial charge in [0.2, 0.25) is 5.91 Å².